The third kappa shape index (κ3) is 1.82. The van der Waals surface area contributed by atoms with Crippen molar-refractivity contribution in [2.75, 3.05) is 0 Å². The number of amides is 1. The maximum Gasteiger partial charge on any atom is 0.227 e. The summed E-state index contributed by atoms with van der Waals surface area (Å²) in [6.07, 6.45) is 8.68. The second kappa shape index (κ2) is 3.77. The minimum atomic E-state index is -0.418. The highest BCUT2D eigenvalue weighted by atomic mass is 16.1. The number of nitrogens with two attached hydrogens (primary N) is 1. The monoisotopic (exact) mass is 179 g/mol. The van der Waals surface area contributed by atoms with Gasteiger partial charge in [-0.1, -0.05) is 37.6 Å². The van der Waals surface area contributed by atoms with Gasteiger partial charge in [-0.15, -0.1) is 0 Å². The molecule has 0 aromatic rings. The average molecular weight is 179 g/mol. The van der Waals surface area contributed by atoms with Crippen LogP contribution >= 0.6 is 0 Å². The lowest BCUT2D eigenvalue weighted by molar-refractivity contribution is -0.125. The molecule has 0 bridgehead atoms. The molecule has 0 aliphatic heterocycles. The first-order valence-electron chi connectivity index (χ1n) is 4.83. The molecule has 13 heavy (non-hydrogen) atoms. The Bertz CT molecular complexity index is 265. The highest BCUT2D eigenvalue weighted by Crippen LogP contribution is 2.33. The molecule has 2 heteroatoms. The fraction of sp³-hybridized carbons (Fsp3) is 0.545. The average Bonchev–Trinajstić information content (AvgIpc) is 2.17. The molecular weight excluding hydrogens is 162 g/mol. The number of hydrogen-bond acceptors (Lipinski definition) is 1. The molecule has 1 unspecified atom stereocenters. The van der Waals surface area contributed by atoms with Crippen LogP contribution in [0.15, 0.2) is 23.8 Å². The number of primary amides is 1. The molecule has 0 aromatic heterocycles. The van der Waals surface area contributed by atoms with Crippen molar-refractivity contribution in [2.24, 2.45) is 11.1 Å². The van der Waals surface area contributed by atoms with Gasteiger partial charge in [0.15, 0.2) is 0 Å². The molecule has 1 atom stereocenters. The van der Waals surface area contributed by atoms with Gasteiger partial charge in [-0.05, 0) is 19.3 Å². The van der Waals surface area contributed by atoms with Gasteiger partial charge in [-0.25, -0.2) is 0 Å². The molecule has 0 fully saturated rings. The van der Waals surface area contributed by atoms with Gasteiger partial charge in [-0.2, -0.15) is 0 Å². The lowest BCUT2D eigenvalue weighted by Crippen LogP contribution is -2.35. The molecule has 72 valence electrons. The molecule has 0 spiro atoms. The van der Waals surface area contributed by atoms with E-state index in [1.165, 1.54) is 5.57 Å². The molecule has 0 saturated heterocycles. The SMILES string of the molecule is CCC1=CCC(CC)(C(N)=O)C=C1. The predicted molar refractivity (Wildman–Crippen MR) is 54.0 cm³/mol. The largest absolute Gasteiger partial charge is 0.369 e. The second-order valence-corrected chi connectivity index (χ2v) is 3.54. The zero-order chi connectivity index (χ0) is 9.90. The van der Waals surface area contributed by atoms with Crippen molar-refractivity contribution in [1.82, 2.24) is 0 Å². The van der Waals surface area contributed by atoms with E-state index in [0.29, 0.717) is 0 Å². The van der Waals surface area contributed by atoms with E-state index in [0.717, 1.165) is 19.3 Å². The highest BCUT2D eigenvalue weighted by molar-refractivity contribution is 5.83. The van der Waals surface area contributed by atoms with Gasteiger partial charge in [0.2, 0.25) is 5.91 Å². The van der Waals surface area contributed by atoms with Crippen molar-refractivity contribution in [3.8, 4) is 0 Å². The van der Waals surface area contributed by atoms with Gasteiger partial charge in [0.05, 0.1) is 5.41 Å². The lowest BCUT2D eigenvalue weighted by Gasteiger charge is -2.27. The van der Waals surface area contributed by atoms with Gasteiger partial charge < -0.3 is 5.73 Å². The summed E-state index contributed by atoms with van der Waals surface area (Å²) in [4.78, 5) is 11.2. The Morgan fingerprint density at radius 2 is 2.31 bits per heavy atom. The Kier molecular flexibility index (Phi) is 2.91. The van der Waals surface area contributed by atoms with E-state index in [1.54, 1.807) is 0 Å². The van der Waals surface area contributed by atoms with Crippen LogP contribution in [0.3, 0.4) is 0 Å². The molecule has 1 rings (SSSR count). The molecule has 0 saturated carbocycles. The standard InChI is InChI=1S/C11H17NO/c1-3-9-5-7-11(4-2,8-6-9)10(12)13/h5-7H,3-4,8H2,1-2H3,(H2,12,13). The van der Waals surface area contributed by atoms with E-state index >= 15 is 0 Å². The zero-order valence-electron chi connectivity index (χ0n) is 8.34. The van der Waals surface area contributed by atoms with Gasteiger partial charge >= 0.3 is 0 Å². The molecule has 0 heterocycles. The predicted octanol–water partition coefficient (Wildman–Crippen LogP) is 2.16. The maximum absolute atomic E-state index is 11.2. The maximum atomic E-state index is 11.2. The molecular formula is C11H17NO. The third-order valence-corrected chi connectivity index (χ3v) is 2.87. The Labute approximate surface area is 79.5 Å². The Balaban J connectivity index is 2.83. The van der Waals surface area contributed by atoms with Crippen LogP contribution in [0.4, 0.5) is 0 Å². The number of carbonyl (C=O) groups is 1. The Morgan fingerprint density at radius 1 is 1.62 bits per heavy atom. The second-order valence-electron chi connectivity index (χ2n) is 3.54. The van der Waals surface area contributed by atoms with Crippen molar-refractivity contribution in [2.45, 2.75) is 33.1 Å². The highest BCUT2D eigenvalue weighted by Gasteiger charge is 2.32. The summed E-state index contributed by atoms with van der Waals surface area (Å²) in [6, 6.07) is 0. The number of rotatable bonds is 3. The normalized spacial score (nSPS) is 27.1. The van der Waals surface area contributed by atoms with Crippen LogP contribution in [-0.2, 0) is 4.79 Å². The Hall–Kier alpha value is -1.05. The van der Waals surface area contributed by atoms with Crippen LogP contribution in [0.5, 0.6) is 0 Å². The quantitative estimate of drug-likeness (QED) is 0.708. The summed E-state index contributed by atoms with van der Waals surface area (Å²) in [6.45, 7) is 4.11. The van der Waals surface area contributed by atoms with E-state index in [-0.39, 0.29) is 5.91 Å². The molecule has 2 N–H and O–H groups in total. The van der Waals surface area contributed by atoms with Crippen LogP contribution in [0.1, 0.15) is 33.1 Å². The molecule has 0 aromatic carbocycles. The summed E-state index contributed by atoms with van der Waals surface area (Å²) in [7, 11) is 0. The van der Waals surface area contributed by atoms with Crippen molar-refractivity contribution in [3.63, 3.8) is 0 Å². The smallest absolute Gasteiger partial charge is 0.227 e. The third-order valence-electron chi connectivity index (χ3n) is 2.87. The van der Waals surface area contributed by atoms with Gasteiger partial charge in [0.25, 0.3) is 0 Å². The van der Waals surface area contributed by atoms with Crippen LogP contribution in [0.25, 0.3) is 0 Å². The Morgan fingerprint density at radius 3 is 2.62 bits per heavy atom. The zero-order valence-corrected chi connectivity index (χ0v) is 8.34. The van der Waals surface area contributed by atoms with E-state index in [2.05, 4.69) is 13.0 Å². The van der Waals surface area contributed by atoms with Crippen LogP contribution < -0.4 is 5.73 Å². The first kappa shape index (κ1) is 10.0. The summed E-state index contributed by atoms with van der Waals surface area (Å²) in [5.41, 5.74) is 6.26. The minimum absolute atomic E-state index is 0.211. The summed E-state index contributed by atoms with van der Waals surface area (Å²) in [5, 5.41) is 0. The van der Waals surface area contributed by atoms with Gasteiger partial charge in [-0.3, -0.25) is 4.79 Å². The van der Waals surface area contributed by atoms with Crippen LogP contribution in [0.2, 0.25) is 0 Å². The van der Waals surface area contributed by atoms with E-state index in [1.807, 2.05) is 19.1 Å². The minimum Gasteiger partial charge on any atom is -0.369 e. The first-order valence-corrected chi connectivity index (χ1v) is 4.83. The van der Waals surface area contributed by atoms with Crippen molar-refractivity contribution in [3.05, 3.63) is 23.8 Å². The fourth-order valence-electron chi connectivity index (χ4n) is 1.60. The molecule has 1 amide bonds. The topological polar surface area (TPSA) is 43.1 Å². The van der Waals surface area contributed by atoms with Gasteiger partial charge in [0.1, 0.15) is 0 Å². The van der Waals surface area contributed by atoms with E-state index < -0.39 is 5.41 Å². The van der Waals surface area contributed by atoms with Crippen molar-refractivity contribution >= 4 is 5.91 Å². The van der Waals surface area contributed by atoms with Crippen LogP contribution in [-0.4, -0.2) is 5.91 Å². The van der Waals surface area contributed by atoms with Gasteiger partial charge in [0, 0.05) is 0 Å². The fourth-order valence-corrected chi connectivity index (χ4v) is 1.60. The summed E-state index contributed by atoms with van der Waals surface area (Å²) < 4.78 is 0. The van der Waals surface area contributed by atoms with E-state index in [9.17, 15) is 4.79 Å². The van der Waals surface area contributed by atoms with Crippen molar-refractivity contribution in [1.29, 1.82) is 0 Å². The molecule has 2 nitrogen and oxygen atoms in total. The van der Waals surface area contributed by atoms with E-state index in [4.69, 9.17) is 5.73 Å². The van der Waals surface area contributed by atoms with Crippen molar-refractivity contribution < 1.29 is 4.79 Å². The molecule has 1 aliphatic rings. The molecule has 1 aliphatic carbocycles. The lowest BCUT2D eigenvalue weighted by atomic mass is 9.77. The number of allylic oxidation sites excluding steroid dienone is 3. The summed E-state index contributed by atoms with van der Waals surface area (Å²) >= 11 is 0. The summed E-state index contributed by atoms with van der Waals surface area (Å²) in [5.74, 6) is -0.211. The molecule has 0 radical (unpaired) electrons. The number of carbonyl (C=O) groups excluding carboxylic acids is 1. The first-order chi connectivity index (χ1) is 6.14. The van der Waals surface area contributed by atoms with Crippen LogP contribution in [0, 0.1) is 5.41 Å². The number of hydrogen-bond donors (Lipinski definition) is 1.